The Balaban J connectivity index is 3.12. The van der Waals surface area contributed by atoms with Crippen LogP contribution in [0, 0.1) is 0 Å². The van der Waals surface area contributed by atoms with Crippen LogP contribution < -0.4 is 5.32 Å². The first-order chi connectivity index (χ1) is 6.10. The first-order valence-corrected chi connectivity index (χ1v) is 3.18. The van der Waals surface area contributed by atoms with Gasteiger partial charge in [-0.15, -0.1) is 0 Å². The van der Waals surface area contributed by atoms with Gasteiger partial charge in [-0.1, -0.05) is 0 Å². The fraction of sp³-hybridized carbons (Fsp3) is 0.800. The van der Waals surface area contributed by atoms with Crippen LogP contribution >= 0.6 is 0 Å². The fourth-order valence-corrected chi connectivity index (χ4v) is 0.908. The molecule has 82 valence electrons. The minimum Gasteiger partial charge on any atom is -0.331 e. The second-order valence-corrected chi connectivity index (χ2v) is 2.51. The Kier molecular flexibility index (Phi) is 2.18. The molecule has 1 rings (SSSR count). The van der Waals surface area contributed by atoms with Gasteiger partial charge in [0.2, 0.25) is 5.91 Å². The van der Waals surface area contributed by atoms with Gasteiger partial charge in [0.05, 0.1) is 0 Å². The number of amides is 1. The summed E-state index contributed by atoms with van der Waals surface area (Å²) in [5.41, 5.74) is -4.56. The summed E-state index contributed by atoms with van der Waals surface area (Å²) in [5.74, 6) is -1.46. The molecule has 0 saturated carbocycles. The van der Waals surface area contributed by atoms with E-state index in [4.69, 9.17) is 0 Å². The summed E-state index contributed by atoms with van der Waals surface area (Å²) in [6, 6.07) is 0. The first kappa shape index (κ1) is 11.1. The third-order valence-electron chi connectivity index (χ3n) is 1.53. The van der Waals surface area contributed by atoms with Gasteiger partial charge in [0.15, 0.2) is 0 Å². The highest BCUT2D eigenvalue weighted by Crippen LogP contribution is 2.45. The lowest BCUT2D eigenvalue weighted by Gasteiger charge is -2.31. The molecule has 14 heavy (non-hydrogen) atoms. The van der Waals surface area contributed by atoms with Gasteiger partial charge in [0.1, 0.15) is 6.61 Å². The molecule has 0 bridgehead atoms. The quantitative estimate of drug-likeness (QED) is 0.621. The van der Waals surface area contributed by atoms with Gasteiger partial charge in [0.25, 0.3) is 0 Å². The normalized spacial score (nSPS) is 22.3. The Hall–Kier alpha value is -0.990. The second kappa shape index (κ2) is 2.75. The number of halogens is 6. The van der Waals surface area contributed by atoms with Gasteiger partial charge in [0, 0.05) is 0 Å². The highest BCUT2D eigenvalue weighted by Gasteiger charge is 2.75. The molecule has 0 aromatic rings. The standard InChI is InChI=1S/C5H3F6NO2/c6-4(7,8)3(5(9,10)11)12-2(13)1-14-3/h1H2,(H,12,13). The van der Waals surface area contributed by atoms with E-state index in [0.717, 1.165) is 5.32 Å². The number of hydrogen-bond donors (Lipinski definition) is 1. The van der Waals surface area contributed by atoms with Crippen LogP contribution in [0.25, 0.3) is 0 Å². The van der Waals surface area contributed by atoms with Gasteiger partial charge in [-0.25, -0.2) is 0 Å². The molecule has 1 amide bonds. The van der Waals surface area contributed by atoms with Crippen molar-refractivity contribution in [2.75, 3.05) is 6.61 Å². The minimum atomic E-state index is -5.74. The molecule has 1 fully saturated rings. The van der Waals surface area contributed by atoms with E-state index < -0.39 is 30.6 Å². The maximum Gasteiger partial charge on any atom is 0.446 e. The number of rotatable bonds is 0. The molecule has 1 N–H and O–H groups in total. The molecule has 0 aromatic heterocycles. The molecule has 3 nitrogen and oxygen atoms in total. The molecule has 0 atom stereocenters. The molecular formula is C5H3F6NO2. The Labute approximate surface area is 73.0 Å². The smallest absolute Gasteiger partial charge is 0.331 e. The third-order valence-corrected chi connectivity index (χ3v) is 1.53. The molecule has 1 aliphatic rings. The van der Waals surface area contributed by atoms with Gasteiger partial charge in [-0.05, 0) is 0 Å². The molecular weight excluding hydrogens is 220 g/mol. The summed E-state index contributed by atoms with van der Waals surface area (Å²) in [4.78, 5) is 10.3. The summed E-state index contributed by atoms with van der Waals surface area (Å²) in [7, 11) is 0. The summed E-state index contributed by atoms with van der Waals surface area (Å²) in [5, 5.41) is 0.736. The van der Waals surface area contributed by atoms with E-state index in [1.165, 1.54) is 0 Å². The van der Waals surface area contributed by atoms with E-state index in [-0.39, 0.29) is 0 Å². The van der Waals surface area contributed by atoms with Crippen LogP contribution in [0.2, 0.25) is 0 Å². The summed E-state index contributed by atoms with van der Waals surface area (Å²) < 4.78 is 75.6. The van der Waals surface area contributed by atoms with Crippen molar-refractivity contribution in [2.24, 2.45) is 0 Å². The zero-order chi connectivity index (χ0) is 11.2. The van der Waals surface area contributed by atoms with E-state index in [9.17, 15) is 31.1 Å². The second-order valence-electron chi connectivity index (χ2n) is 2.51. The molecule has 1 saturated heterocycles. The van der Waals surface area contributed by atoms with Crippen LogP contribution in [0.15, 0.2) is 0 Å². The van der Waals surface area contributed by atoms with Crippen molar-refractivity contribution in [1.29, 1.82) is 0 Å². The van der Waals surface area contributed by atoms with Gasteiger partial charge < -0.3 is 10.1 Å². The lowest BCUT2D eigenvalue weighted by Crippen LogP contribution is -2.64. The number of carbonyl (C=O) groups is 1. The van der Waals surface area contributed by atoms with Crippen molar-refractivity contribution in [2.45, 2.75) is 18.1 Å². The molecule has 0 unspecified atom stereocenters. The number of alkyl halides is 6. The molecule has 0 radical (unpaired) electrons. The third kappa shape index (κ3) is 1.41. The Morgan fingerprint density at radius 1 is 1.14 bits per heavy atom. The van der Waals surface area contributed by atoms with Crippen molar-refractivity contribution in [3.8, 4) is 0 Å². The van der Waals surface area contributed by atoms with Gasteiger partial charge in [-0.3, -0.25) is 4.79 Å². The van der Waals surface area contributed by atoms with Crippen LogP contribution in [0.4, 0.5) is 26.3 Å². The zero-order valence-corrected chi connectivity index (χ0v) is 6.29. The van der Waals surface area contributed by atoms with Crippen LogP contribution in [0.3, 0.4) is 0 Å². The monoisotopic (exact) mass is 223 g/mol. The molecule has 0 aromatic carbocycles. The van der Waals surface area contributed by atoms with E-state index in [1.807, 2.05) is 0 Å². The highest BCUT2D eigenvalue weighted by molar-refractivity contribution is 5.80. The van der Waals surface area contributed by atoms with Crippen LogP contribution in [0.5, 0.6) is 0 Å². The van der Waals surface area contributed by atoms with Crippen molar-refractivity contribution < 1.29 is 35.9 Å². The Bertz CT molecular complexity index is 242. The van der Waals surface area contributed by atoms with E-state index in [0.29, 0.717) is 0 Å². The van der Waals surface area contributed by atoms with E-state index >= 15 is 0 Å². The predicted octanol–water partition coefficient (Wildman–Crippen LogP) is 0.954. The lowest BCUT2D eigenvalue weighted by atomic mass is 10.2. The van der Waals surface area contributed by atoms with Crippen LogP contribution in [0.1, 0.15) is 0 Å². The zero-order valence-electron chi connectivity index (χ0n) is 6.29. The fourth-order valence-electron chi connectivity index (χ4n) is 0.908. The Morgan fingerprint density at radius 2 is 1.57 bits per heavy atom. The Morgan fingerprint density at radius 3 is 1.71 bits per heavy atom. The van der Waals surface area contributed by atoms with Gasteiger partial charge >= 0.3 is 18.1 Å². The molecule has 0 spiro atoms. The largest absolute Gasteiger partial charge is 0.446 e. The summed E-state index contributed by atoms with van der Waals surface area (Å²) in [6.45, 7) is -1.26. The lowest BCUT2D eigenvalue weighted by molar-refractivity contribution is -0.375. The average Bonchev–Trinajstić information content (AvgIpc) is 2.28. The molecule has 1 aliphatic heterocycles. The van der Waals surface area contributed by atoms with Gasteiger partial charge in [-0.2, -0.15) is 26.3 Å². The summed E-state index contributed by atoms with van der Waals surface area (Å²) >= 11 is 0. The van der Waals surface area contributed by atoms with Crippen LogP contribution in [-0.4, -0.2) is 30.6 Å². The number of ether oxygens (including phenoxy) is 1. The number of hydrogen-bond acceptors (Lipinski definition) is 2. The topological polar surface area (TPSA) is 38.3 Å². The van der Waals surface area contributed by atoms with Crippen molar-refractivity contribution in [3.63, 3.8) is 0 Å². The number of nitrogens with one attached hydrogen (secondary N) is 1. The predicted molar refractivity (Wildman–Crippen MR) is 28.9 cm³/mol. The molecule has 1 heterocycles. The molecule has 9 heteroatoms. The SMILES string of the molecule is O=C1COC(C(F)(F)F)(C(F)(F)F)N1. The average molecular weight is 223 g/mol. The maximum atomic E-state index is 12.0. The van der Waals surface area contributed by atoms with E-state index in [1.54, 1.807) is 0 Å². The van der Waals surface area contributed by atoms with Crippen molar-refractivity contribution in [1.82, 2.24) is 5.32 Å². The first-order valence-electron chi connectivity index (χ1n) is 3.18. The van der Waals surface area contributed by atoms with E-state index in [2.05, 4.69) is 4.74 Å². The summed E-state index contributed by atoms with van der Waals surface area (Å²) in [6.07, 6.45) is -11.5. The van der Waals surface area contributed by atoms with Crippen LogP contribution in [-0.2, 0) is 9.53 Å². The maximum absolute atomic E-state index is 12.0. The number of carbonyl (C=O) groups excluding carboxylic acids is 1. The van der Waals surface area contributed by atoms with Crippen molar-refractivity contribution in [3.05, 3.63) is 0 Å². The van der Waals surface area contributed by atoms with Crippen molar-refractivity contribution >= 4 is 5.91 Å². The minimum absolute atomic E-state index is 0.736. The highest BCUT2D eigenvalue weighted by atomic mass is 19.4. The molecule has 0 aliphatic carbocycles.